The summed E-state index contributed by atoms with van der Waals surface area (Å²) in [5.41, 5.74) is 2.31. The Hall–Kier alpha value is -1.70. The van der Waals surface area contributed by atoms with Crippen LogP contribution < -0.4 is 10.6 Å². The third-order valence-corrected chi connectivity index (χ3v) is 4.75. The van der Waals surface area contributed by atoms with Crippen molar-refractivity contribution in [2.45, 2.75) is 0 Å². The van der Waals surface area contributed by atoms with Crippen LogP contribution in [-0.2, 0) is 4.79 Å². The van der Waals surface area contributed by atoms with Crippen LogP contribution in [0.2, 0.25) is 0 Å². The Morgan fingerprint density at radius 1 is 1.12 bits per heavy atom. The SMILES string of the molecule is O=C1/C(=C\c2ccc(Br)cc2)NC(=S)N1CNc1cccc(Br)c1. The van der Waals surface area contributed by atoms with E-state index in [1.54, 1.807) is 6.08 Å². The van der Waals surface area contributed by atoms with Crippen molar-refractivity contribution in [1.82, 2.24) is 10.2 Å². The van der Waals surface area contributed by atoms with Crippen molar-refractivity contribution in [3.05, 3.63) is 68.7 Å². The summed E-state index contributed by atoms with van der Waals surface area (Å²) < 4.78 is 1.96. The number of rotatable bonds is 4. The molecule has 2 aromatic rings. The van der Waals surface area contributed by atoms with Gasteiger partial charge in [-0.1, -0.05) is 50.1 Å². The molecule has 0 unspecified atom stereocenters. The highest BCUT2D eigenvalue weighted by Gasteiger charge is 2.30. The normalized spacial score (nSPS) is 15.8. The first kappa shape index (κ1) is 17.1. The minimum absolute atomic E-state index is 0.148. The van der Waals surface area contributed by atoms with Crippen molar-refractivity contribution >= 4 is 66.9 Å². The number of amides is 1. The van der Waals surface area contributed by atoms with Crippen LogP contribution in [0.15, 0.2) is 63.2 Å². The summed E-state index contributed by atoms with van der Waals surface area (Å²) in [6.45, 7) is 0.304. The molecule has 24 heavy (non-hydrogen) atoms. The van der Waals surface area contributed by atoms with E-state index < -0.39 is 0 Å². The summed E-state index contributed by atoms with van der Waals surface area (Å²) in [6.07, 6.45) is 1.79. The Labute approximate surface area is 162 Å². The minimum Gasteiger partial charge on any atom is -0.367 e. The van der Waals surface area contributed by atoms with Gasteiger partial charge in [0.2, 0.25) is 0 Å². The van der Waals surface area contributed by atoms with Crippen LogP contribution in [-0.4, -0.2) is 22.6 Å². The molecule has 0 radical (unpaired) electrons. The van der Waals surface area contributed by atoms with Gasteiger partial charge in [-0.2, -0.15) is 0 Å². The number of anilines is 1. The van der Waals surface area contributed by atoms with Gasteiger partial charge in [-0.3, -0.25) is 9.69 Å². The van der Waals surface area contributed by atoms with Crippen molar-refractivity contribution in [3.8, 4) is 0 Å². The van der Waals surface area contributed by atoms with Gasteiger partial charge < -0.3 is 10.6 Å². The molecule has 1 fully saturated rings. The number of halogens is 2. The van der Waals surface area contributed by atoms with Crippen LogP contribution in [0.1, 0.15) is 5.56 Å². The van der Waals surface area contributed by atoms with Gasteiger partial charge in [0.25, 0.3) is 5.91 Å². The molecule has 0 atom stereocenters. The Balaban J connectivity index is 1.71. The summed E-state index contributed by atoms with van der Waals surface area (Å²) in [6, 6.07) is 15.4. The smallest absolute Gasteiger partial charge is 0.278 e. The van der Waals surface area contributed by atoms with Crippen LogP contribution in [0.5, 0.6) is 0 Å². The monoisotopic (exact) mass is 465 g/mol. The standard InChI is InChI=1S/C17H13Br2N3OS/c18-12-6-4-11(5-7-12)8-15-16(23)22(17(24)21-15)10-20-14-3-1-2-13(19)9-14/h1-9,20H,10H2,(H,21,24)/b15-8+. The van der Waals surface area contributed by atoms with Crippen LogP contribution >= 0.6 is 44.1 Å². The predicted molar refractivity (Wildman–Crippen MR) is 107 cm³/mol. The maximum atomic E-state index is 12.5. The van der Waals surface area contributed by atoms with Gasteiger partial charge in [0, 0.05) is 14.6 Å². The molecule has 0 spiro atoms. The van der Waals surface area contributed by atoms with E-state index in [-0.39, 0.29) is 5.91 Å². The molecule has 0 aliphatic carbocycles. The number of nitrogens with zero attached hydrogens (tertiary/aromatic N) is 1. The Morgan fingerprint density at radius 3 is 2.58 bits per heavy atom. The fourth-order valence-electron chi connectivity index (χ4n) is 2.21. The lowest BCUT2D eigenvalue weighted by atomic mass is 10.2. The van der Waals surface area contributed by atoms with Gasteiger partial charge in [-0.25, -0.2) is 0 Å². The van der Waals surface area contributed by atoms with Crippen molar-refractivity contribution in [1.29, 1.82) is 0 Å². The van der Waals surface area contributed by atoms with E-state index in [9.17, 15) is 4.79 Å². The van der Waals surface area contributed by atoms with E-state index >= 15 is 0 Å². The number of carbonyl (C=O) groups is 1. The maximum Gasteiger partial charge on any atom is 0.278 e. The first-order chi connectivity index (χ1) is 11.5. The number of thiocarbonyl (C=S) groups is 1. The Kier molecular flexibility index (Phi) is 5.33. The van der Waals surface area contributed by atoms with Gasteiger partial charge >= 0.3 is 0 Å². The molecule has 1 amide bonds. The molecule has 0 aromatic heterocycles. The molecule has 0 saturated carbocycles. The zero-order valence-corrected chi connectivity index (χ0v) is 16.4. The molecule has 0 bridgehead atoms. The zero-order valence-electron chi connectivity index (χ0n) is 12.4. The second kappa shape index (κ2) is 7.46. The molecule has 2 aromatic carbocycles. The first-order valence-electron chi connectivity index (χ1n) is 7.12. The quantitative estimate of drug-likeness (QED) is 0.519. The summed E-state index contributed by atoms with van der Waals surface area (Å²) in [4.78, 5) is 14.0. The fraction of sp³-hybridized carbons (Fsp3) is 0.0588. The lowest BCUT2D eigenvalue weighted by Gasteiger charge is -2.15. The third-order valence-electron chi connectivity index (χ3n) is 3.41. The van der Waals surface area contributed by atoms with Crippen molar-refractivity contribution in [2.24, 2.45) is 0 Å². The second-order valence-corrected chi connectivity index (χ2v) is 7.34. The summed E-state index contributed by atoms with van der Waals surface area (Å²) in [7, 11) is 0. The van der Waals surface area contributed by atoms with E-state index in [1.807, 2.05) is 48.5 Å². The summed E-state index contributed by atoms with van der Waals surface area (Å²) >= 11 is 12.1. The van der Waals surface area contributed by atoms with Crippen LogP contribution in [0.3, 0.4) is 0 Å². The van der Waals surface area contributed by atoms with Crippen LogP contribution in [0.4, 0.5) is 5.69 Å². The van der Waals surface area contributed by atoms with E-state index in [1.165, 1.54) is 4.90 Å². The molecular formula is C17H13Br2N3OS. The molecule has 1 aliphatic heterocycles. The van der Waals surface area contributed by atoms with Crippen molar-refractivity contribution in [3.63, 3.8) is 0 Å². The fourth-order valence-corrected chi connectivity index (χ4v) is 3.13. The number of hydrogen-bond donors (Lipinski definition) is 2. The largest absolute Gasteiger partial charge is 0.367 e. The van der Waals surface area contributed by atoms with Gasteiger partial charge in [0.05, 0.1) is 6.67 Å². The zero-order chi connectivity index (χ0) is 17.1. The first-order valence-corrected chi connectivity index (χ1v) is 9.12. The van der Waals surface area contributed by atoms with E-state index in [0.717, 1.165) is 20.2 Å². The molecular weight excluding hydrogens is 454 g/mol. The maximum absolute atomic E-state index is 12.5. The van der Waals surface area contributed by atoms with Gasteiger partial charge in [0.15, 0.2) is 5.11 Å². The lowest BCUT2D eigenvalue weighted by molar-refractivity contribution is -0.122. The molecule has 4 nitrogen and oxygen atoms in total. The number of benzene rings is 2. The highest BCUT2D eigenvalue weighted by Crippen LogP contribution is 2.18. The van der Waals surface area contributed by atoms with E-state index in [4.69, 9.17) is 12.2 Å². The molecule has 7 heteroatoms. The van der Waals surface area contributed by atoms with Crippen molar-refractivity contribution < 1.29 is 4.79 Å². The third kappa shape index (κ3) is 4.03. The second-order valence-electron chi connectivity index (χ2n) is 5.12. The topological polar surface area (TPSA) is 44.4 Å². The molecule has 3 rings (SSSR count). The highest BCUT2D eigenvalue weighted by atomic mass is 79.9. The molecule has 1 aliphatic rings. The van der Waals surface area contributed by atoms with Crippen LogP contribution in [0.25, 0.3) is 6.08 Å². The van der Waals surface area contributed by atoms with Crippen LogP contribution in [0, 0.1) is 0 Å². The number of nitrogens with one attached hydrogen (secondary N) is 2. The van der Waals surface area contributed by atoms with Crippen molar-refractivity contribution in [2.75, 3.05) is 12.0 Å². The lowest BCUT2D eigenvalue weighted by Crippen LogP contribution is -2.35. The van der Waals surface area contributed by atoms with E-state index in [0.29, 0.717) is 17.5 Å². The average molecular weight is 467 g/mol. The van der Waals surface area contributed by atoms with E-state index in [2.05, 4.69) is 42.5 Å². The number of carbonyl (C=O) groups excluding carboxylic acids is 1. The number of hydrogen-bond acceptors (Lipinski definition) is 3. The molecule has 2 N–H and O–H groups in total. The Morgan fingerprint density at radius 2 is 1.88 bits per heavy atom. The average Bonchev–Trinajstić information content (AvgIpc) is 2.82. The molecule has 1 saturated heterocycles. The van der Waals surface area contributed by atoms with Gasteiger partial charge in [-0.05, 0) is 54.2 Å². The molecule has 1 heterocycles. The summed E-state index contributed by atoms with van der Waals surface area (Å²) in [5.74, 6) is -0.148. The van der Waals surface area contributed by atoms with Gasteiger partial charge in [0.1, 0.15) is 5.70 Å². The minimum atomic E-state index is -0.148. The Bertz CT molecular complexity index is 821. The summed E-state index contributed by atoms with van der Waals surface area (Å²) in [5, 5.41) is 6.56. The molecule has 122 valence electrons. The van der Waals surface area contributed by atoms with Gasteiger partial charge in [-0.15, -0.1) is 0 Å². The predicted octanol–water partition coefficient (Wildman–Crippen LogP) is 4.34. The highest BCUT2D eigenvalue weighted by molar-refractivity contribution is 9.10.